The van der Waals surface area contributed by atoms with Crippen molar-refractivity contribution in [3.8, 4) is 0 Å². The molecule has 1 amide bonds. The van der Waals surface area contributed by atoms with E-state index in [1.165, 1.54) is 7.11 Å². The van der Waals surface area contributed by atoms with Crippen molar-refractivity contribution in [2.45, 2.75) is 25.7 Å². The molecule has 0 saturated heterocycles. The normalized spacial score (nSPS) is 10.2. The molecule has 0 radical (unpaired) electrons. The van der Waals surface area contributed by atoms with Crippen molar-refractivity contribution in [2.24, 2.45) is 0 Å². The highest BCUT2D eigenvalue weighted by Gasteiger charge is 2.05. The molecule has 1 aromatic rings. The summed E-state index contributed by atoms with van der Waals surface area (Å²) in [5, 5.41) is 3.71. The Morgan fingerprint density at radius 1 is 1.20 bits per heavy atom. The van der Waals surface area contributed by atoms with Crippen molar-refractivity contribution in [3.63, 3.8) is 0 Å². The van der Waals surface area contributed by atoms with E-state index in [2.05, 4.69) is 10.1 Å². The molecule has 20 heavy (non-hydrogen) atoms. The maximum absolute atomic E-state index is 11.5. The summed E-state index contributed by atoms with van der Waals surface area (Å²) in [6, 6.07) is 5.44. The molecular weight excluding hydrogens is 301 g/mol. The van der Waals surface area contributed by atoms with Gasteiger partial charge in [-0.25, -0.2) is 0 Å². The van der Waals surface area contributed by atoms with E-state index in [9.17, 15) is 9.59 Å². The molecule has 0 aliphatic heterocycles. The zero-order chi connectivity index (χ0) is 15.0. The van der Waals surface area contributed by atoms with Gasteiger partial charge in [-0.3, -0.25) is 9.59 Å². The number of nitrogens with one attached hydrogen (secondary N) is 1. The highest BCUT2D eigenvalue weighted by molar-refractivity contribution is 6.42. The molecule has 6 heteroatoms. The van der Waals surface area contributed by atoms with Gasteiger partial charge in [0.2, 0.25) is 5.91 Å². The topological polar surface area (TPSA) is 55.4 Å². The van der Waals surface area contributed by atoms with Crippen LogP contribution in [0.25, 0.3) is 0 Å². The van der Waals surface area contributed by atoms with Crippen LogP contribution in [0.15, 0.2) is 18.2 Å². The van der Waals surface area contributed by atoms with Gasteiger partial charge in [-0.05, 0) is 30.5 Å². The first-order valence-corrected chi connectivity index (χ1v) is 7.06. The first kappa shape index (κ1) is 16.8. The number of hydrogen-bond donors (Lipinski definition) is 1. The summed E-state index contributed by atoms with van der Waals surface area (Å²) in [6.45, 7) is 0.304. The number of benzene rings is 1. The van der Waals surface area contributed by atoms with Crippen LogP contribution in [0.1, 0.15) is 24.8 Å². The fraction of sp³-hybridized carbons (Fsp3) is 0.429. The first-order valence-electron chi connectivity index (χ1n) is 6.30. The quantitative estimate of drug-likeness (QED) is 0.786. The number of hydrogen-bond acceptors (Lipinski definition) is 3. The number of rotatable bonds is 7. The summed E-state index contributed by atoms with van der Waals surface area (Å²) in [7, 11) is 1.32. The van der Waals surface area contributed by atoms with Crippen molar-refractivity contribution in [1.82, 2.24) is 5.32 Å². The number of esters is 1. The highest BCUT2D eigenvalue weighted by atomic mass is 35.5. The minimum absolute atomic E-state index is 0.0750. The summed E-state index contributed by atoms with van der Waals surface area (Å²) in [5.41, 5.74) is 1.04. The van der Waals surface area contributed by atoms with Crippen LogP contribution in [0.3, 0.4) is 0 Å². The van der Waals surface area contributed by atoms with E-state index in [1.807, 2.05) is 6.07 Å². The number of carbonyl (C=O) groups excluding carboxylic acids is 2. The summed E-state index contributed by atoms with van der Waals surface area (Å²) in [4.78, 5) is 22.4. The summed E-state index contributed by atoms with van der Waals surface area (Å²) in [6.07, 6.45) is 2.06. The van der Waals surface area contributed by atoms with Crippen LogP contribution >= 0.6 is 23.2 Å². The lowest BCUT2D eigenvalue weighted by Crippen LogP contribution is -2.26. The van der Waals surface area contributed by atoms with Crippen molar-refractivity contribution >= 4 is 35.1 Å². The molecule has 110 valence electrons. The molecular formula is C14H17Cl2NO3. The van der Waals surface area contributed by atoms with Gasteiger partial charge in [0.1, 0.15) is 0 Å². The van der Waals surface area contributed by atoms with Crippen molar-refractivity contribution < 1.29 is 14.3 Å². The smallest absolute Gasteiger partial charge is 0.307 e. The van der Waals surface area contributed by atoms with Crippen LogP contribution in [0, 0.1) is 0 Å². The Morgan fingerprint density at radius 3 is 2.60 bits per heavy atom. The van der Waals surface area contributed by atoms with E-state index < -0.39 is 0 Å². The summed E-state index contributed by atoms with van der Waals surface area (Å²) >= 11 is 11.7. The molecule has 0 spiro atoms. The van der Waals surface area contributed by atoms with Gasteiger partial charge in [0.25, 0.3) is 0 Å². The van der Waals surface area contributed by atoms with E-state index in [-0.39, 0.29) is 18.3 Å². The molecule has 0 saturated carbocycles. The van der Waals surface area contributed by atoms with Crippen LogP contribution in [-0.4, -0.2) is 25.5 Å². The minimum Gasteiger partial charge on any atom is -0.469 e. The van der Waals surface area contributed by atoms with Gasteiger partial charge >= 0.3 is 5.97 Å². The van der Waals surface area contributed by atoms with Crippen molar-refractivity contribution in [3.05, 3.63) is 33.8 Å². The molecule has 4 nitrogen and oxygen atoms in total. The lowest BCUT2D eigenvalue weighted by Gasteiger charge is -2.05. The third-order valence-corrected chi connectivity index (χ3v) is 3.47. The minimum atomic E-state index is -0.332. The predicted molar refractivity (Wildman–Crippen MR) is 79.0 cm³/mol. The molecule has 0 aliphatic carbocycles. The molecule has 1 aromatic carbocycles. The Bertz CT molecular complexity index is 477. The van der Waals surface area contributed by atoms with Crippen LogP contribution in [-0.2, 0) is 20.7 Å². The van der Waals surface area contributed by atoms with Crippen molar-refractivity contribution in [2.75, 3.05) is 13.7 Å². The molecule has 0 aromatic heterocycles. The molecule has 0 atom stereocenters. The number of halogens is 2. The largest absolute Gasteiger partial charge is 0.469 e. The van der Waals surface area contributed by atoms with Gasteiger partial charge in [0, 0.05) is 13.0 Å². The number of amides is 1. The Balaban J connectivity index is 2.21. The van der Waals surface area contributed by atoms with Gasteiger partial charge in [-0.1, -0.05) is 29.3 Å². The van der Waals surface area contributed by atoms with Crippen molar-refractivity contribution in [1.29, 1.82) is 0 Å². The SMILES string of the molecule is COC(=O)CCNC(=O)CCCc1ccc(Cl)c(Cl)c1. The van der Waals surface area contributed by atoms with Gasteiger partial charge in [-0.15, -0.1) is 0 Å². The summed E-state index contributed by atoms with van der Waals surface area (Å²) in [5.74, 6) is -0.407. The standard InChI is InChI=1S/C14H17Cl2NO3/c1-20-14(19)7-8-17-13(18)4-2-3-10-5-6-11(15)12(16)9-10/h5-6,9H,2-4,7-8H2,1H3,(H,17,18). The van der Waals surface area contributed by atoms with Crippen LogP contribution in [0.2, 0.25) is 10.0 Å². The second kappa shape index (κ2) is 8.82. The van der Waals surface area contributed by atoms with Crippen LogP contribution in [0.4, 0.5) is 0 Å². The van der Waals surface area contributed by atoms with Gasteiger partial charge < -0.3 is 10.1 Å². The van der Waals surface area contributed by atoms with Crippen LogP contribution < -0.4 is 5.32 Å². The third-order valence-electron chi connectivity index (χ3n) is 2.73. The molecule has 0 fully saturated rings. The lowest BCUT2D eigenvalue weighted by molar-refractivity contribution is -0.140. The second-order valence-electron chi connectivity index (χ2n) is 4.28. The van der Waals surface area contributed by atoms with Gasteiger partial charge in [-0.2, -0.15) is 0 Å². The highest BCUT2D eigenvalue weighted by Crippen LogP contribution is 2.23. The molecule has 0 unspecified atom stereocenters. The van der Waals surface area contributed by atoms with Gasteiger partial charge in [0.15, 0.2) is 0 Å². The molecule has 0 bridgehead atoms. The fourth-order valence-electron chi connectivity index (χ4n) is 1.64. The molecule has 1 N–H and O–H groups in total. The second-order valence-corrected chi connectivity index (χ2v) is 5.09. The molecule has 0 aliphatic rings. The van der Waals surface area contributed by atoms with E-state index >= 15 is 0 Å². The Morgan fingerprint density at radius 2 is 1.95 bits per heavy atom. The average Bonchev–Trinajstić information content (AvgIpc) is 2.42. The zero-order valence-corrected chi connectivity index (χ0v) is 12.8. The first-order chi connectivity index (χ1) is 9.52. The van der Waals surface area contributed by atoms with Crippen LogP contribution in [0.5, 0.6) is 0 Å². The zero-order valence-electron chi connectivity index (χ0n) is 11.2. The fourth-order valence-corrected chi connectivity index (χ4v) is 1.96. The average molecular weight is 318 g/mol. The number of carbonyl (C=O) groups is 2. The maximum atomic E-state index is 11.5. The number of aryl methyl sites for hydroxylation is 1. The number of ether oxygens (including phenoxy) is 1. The Kier molecular flexibility index (Phi) is 7.41. The Hall–Kier alpha value is -1.26. The Labute approximate surface area is 128 Å². The summed E-state index contributed by atoms with van der Waals surface area (Å²) < 4.78 is 4.48. The van der Waals surface area contributed by atoms with E-state index in [4.69, 9.17) is 23.2 Å². The molecule has 1 rings (SSSR count). The molecule has 0 heterocycles. The third kappa shape index (κ3) is 6.26. The van der Waals surface area contributed by atoms with Gasteiger partial charge in [0.05, 0.1) is 23.6 Å². The predicted octanol–water partition coefficient (Wildman–Crippen LogP) is 3.00. The monoisotopic (exact) mass is 317 g/mol. The van der Waals surface area contributed by atoms with E-state index in [1.54, 1.807) is 12.1 Å². The van der Waals surface area contributed by atoms with E-state index in [0.29, 0.717) is 29.4 Å². The van der Waals surface area contributed by atoms with E-state index in [0.717, 1.165) is 12.0 Å². The maximum Gasteiger partial charge on any atom is 0.307 e. The lowest BCUT2D eigenvalue weighted by atomic mass is 10.1. The number of methoxy groups -OCH3 is 1.